The average Bonchev–Trinajstić information content (AvgIpc) is 3.06. The second kappa shape index (κ2) is 9.48. The summed E-state index contributed by atoms with van der Waals surface area (Å²) in [5, 5.41) is 7.39. The third kappa shape index (κ3) is 5.10. The molecule has 0 amide bonds. The fourth-order valence-corrected chi connectivity index (χ4v) is 2.83. The van der Waals surface area contributed by atoms with Gasteiger partial charge in [-0.3, -0.25) is 5.10 Å². The number of ether oxygens (including phenoxy) is 1. The first-order valence-electron chi connectivity index (χ1n) is 9.15. The van der Waals surface area contributed by atoms with Crippen LogP contribution in [0.25, 0.3) is 11.3 Å². The van der Waals surface area contributed by atoms with E-state index in [-0.39, 0.29) is 0 Å². The van der Waals surface area contributed by atoms with Crippen LogP contribution in [-0.4, -0.2) is 34.8 Å². The lowest BCUT2D eigenvalue weighted by Crippen LogP contribution is -2.19. The Bertz CT molecular complexity index is 587. The molecule has 132 valence electrons. The van der Waals surface area contributed by atoms with Crippen LogP contribution in [0.15, 0.2) is 30.5 Å². The van der Waals surface area contributed by atoms with Crippen molar-refractivity contribution in [2.75, 3.05) is 13.6 Å². The van der Waals surface area contributed by atoms with Crippen molar-refractivity contribution >= 4 is 0 Å². The molecular weight excluding hydrogens is 298 g/mol. The predicted octanol–water partition coefficient (Wildman–Crippen LogP) is 4.88. The SMILES string of the molecule is CCCCN(C)Cc1cn[nH]c1-c1ccc(OC(CC)CC)cc1. The highest BCUT2D eigenvalue weighted by Gasteiger charge is 2.11. The Hall–Kier alpha value is -1.81. The number of aromatic amines is 1. The first kappa shape index (κ1) is 18.5. The highest BCUT2D eigenvalue weighted by atomic mass is 16.5. The molecule has 0 aliphatic carbocycles. The number of hydrogen-bond acceptors (Lipinski definition) is 3. The number of nitrogens with one attached hydrogen (secondary N) is 1. The van der Waals surface area contributed by atoms with Gasteiger partial charge in [-0.2, -0.15) is 5.10 Å². The summed E-state index contributed by atoms with van der Waals surface area (Å²) in [6.07, 6.45) is 6.75. The minimum atomic E-state index is 0.297. The van der Waals surface area contributed by atoms with Gasteiger partial charge in [-0.25, -0.2) is 0 Å². The van der Waals surface area contributed by atoms with Gasteiger partial charge in [0.05, 0.1) is 18.0 Å². The van der Waals surface area contributed by atoms with Gasteiger partial charge in [0.25, 0.3) is 0 Å². The molecule has 0 fully saturated rings. The Morgan fingerprint density at radius 1 is 1.12 bits per heavy atom. The molecule has 0 saturated heterocycles. The van der Waals surface area contributed by atoms with Crippen LogP contribution in [0.3, 0.4) is 0 Å². The number of benzene rings is 1. The molecule has 0 atom stereocenters. The van der Waals surface area contributed by atoms with Crippen molar-refractivity contribution < 1.29 is 4.74 Å². The molecule has 0 saturated carbocycles. The van der Waals surface area contributed by atoms with Gasteiger partial charge < -0.3 is 9.64 Å². The van der Waals surface area contributed by atoms with Gasteiger partial charge in [0.15, 0.2) is 0 Å². The van der Waals surface area contributed by atoms with E-state index < -0.39 is 0 Å². The van der Waals surface area contributed by atoms with Crippen molar-refractivity contribution in [1.82, 2.24) is 15.1 Å². The fourth-order valence-electron chi connectivity index (χ4n) is 2.83. The van der Waals surface area contributed by atoms with Crippen molar-refractivity contribution in [2.24, 2.45) is 0 Å². The lowest BCUT2D eigenvalue weighted by atomic mass is 10.1. The third-order valence-electron chi connectivity index (χ3n) is 4.41. The molecule has 0 aliphatic rings. The molecule has 0 radical (unpaired) electrons. The molecule has 4 nitrogen and oxygen atoms in total. The number of aromatic nitrogens is 2. The summed E-state index contributed by atoms with van der Waals surface area (Å²) in [5.74, 6) is 0.938. The maximum Gasteiger partial charge on any atom is 0.119 e. The van der Waals surface area contributed by atoms with Crippen LogP contribution in [0.4, 0.5) is 0 Å². The molecule has 0 bridgehead atoms. The minimum absolute atomic E-state index is 0.297. The summed E-state index contributed by atoms with van der Waals surface area (Å²) in [6.45, 7) is 8.58. The van der Waals surface area contributed by atoms with Crippen LogP contribution in [0.5, 0.6) is 5.75 Å². The molecule has 2 rings (SSSR count). The predicted molar refractivity (Wildman–Crippen MR) is 100 cm³/mol. The summed E-state index contributed by atoms with van der Waals surface area (Å²) >= 11 is 0. The van der Waals surface area contributed by atoms with Crippen LogP contribution in [0.2, 0.25) is 0 Å². The van der Waals surface area contributed by atoms with E-state index in [1.54, 1.807) is 0 Å². The molecular formula is C20H31N3O. The van der Waals surface area contributed by atoms with Crippen LogP contribution in [0.1, 0.15) is 52.0 Å². The van der Waals surface area contributed by atoms with E-state index in [1.165, 1.54) is 18.4 Å². The maximum absolute atomic E-state index is 5.99. The Labute approximate surface area is 146 Å². The summed E-state index contributed by atoms with van der Waals surface area (Å²) in [7, 11) is 2.17. The molecule has 1 aromatic carbocycles. The van der Waals surface area contributed by atoms with Gasteiger partial charge in [-0.15, -0.1) is 0 Å². The summed E-state index contributed by atoms with van der Waals surface area (Å²) in [5.41, 5.74) is 3.50. The molecule has 2 aromatic rings. The molecule has 1 aromatic heterocycles. The van der Waals surface area contributed by atoms with Gasteiger partial charge in [-0.05, 0) is 57.1 Å². The van der Waals surface area contributed by atoms with E-state index in [1.807, 2.05) is 6.20 Å². The fraction of sp³-hybridized carbons (Fsp3) is 0.550. The van der Waals surface area contributed by atoms with Crippen molar-refractivity contribution in [1.29, 1.82) is 0 Å². The van der Waals surface area contributed by atoms with Gasteiger partial charge in [-0.1, -0.05) is 27.2 Å². The van der Waals surface area contributed by atoms with Crippen molar-refractivity contribution in [2.45, 2.75) is 59.1 Å². The summed E-state index contributed by atoms with van der Waals surface area (Å²) in [6, 6.07) is 8.33. The van der Waals surface area contributed by atoms with Gasteiger partial charge in [0.2, 0.25) is 0 Å². The monoisotopic (exact) mass is 329 g/mol. The third-order valence-corrected chi connectivity index (χ3v) is 4.41. The van der Waals surface area contributed by atoms with Crippen molar-refractivity contribution in [3.05, 3.63) is 36.0 Å². The Morgan fingerprint density at radius 2 is 1.83 bits per heavy atom. The van der Waals surface area contributed by atoms with Gasteiger partial charge in [0, 0.05) is 17.7 Å². The molecule has 1 heterocycles. The van der Waals surface area contributed by atoms with Crippen LogP contribution in [0, 0.1) is 0 Å². The molecule has 0 unspecified atom stereocenters. The summed E-state index contributed by atoms with van der Waals surface area (Å²) < 4.78 is 5.99. The number of nitrogens with zero attached hydrogens (tertiary/aromatic N) is 2. The topological polar surface area (TPSA) is 41.2 Å². The lowest BCUT2D eigenvalue weighted by Gasteiger charge is -2.17. The zero-order valence-electron chi connectivity index (χ0n) is 15.5. The average molecular weight is 329 g/mol. The highest BCUT2D eigenvalue weighted by Crippen LogP contribution is 2.25. The van der Waals surface area contributed by atoms with Crippen molar-refractivity contribution in [3.8, 4) is 17.0 Å². The van der Waals surface area contributed by atoms with Gasteiger partial charge in [0.1, 0.15) is 5.75 Å². The highest BCUT2D eigenvalue weighted by molar-refractivity contribution is 5.63. The number of H-pyrrole nitrogens is 1. The molecule has 0 aliphatic heterocycles. The standard InChI is InChI=1S/C20H31N3O/c1-5-8-13-23(4)15-17-14-21-22-20(17)16-9-11-19(12-10-16)24-18(6-2)7-3/h9-12,14,18H,5-8,13,15H2,1-4H3,(H,21,22). The number of unbranched alkanes of at least 4 members (excludes halogenated alkanes) is 1. The second-order valence-corrected chi connectivity index (χ2v) is 6.44. The Balaban J connectivity index is 2.05. The minimum Gasteiger partial charge on any atom is -0.490 e. The van der Waals surface area contributed by atoms with E-state index in [0.717, 1.165) is 42.9 Å². The van der Waals surface area contributed by atoms with Crippen molar-refractivity contribution in [3.63, 3.8) is 0 Å². The molecule has 0 spiro atoms. The quantitative estimate of drug-likeness (QED) is 0.675. The normalized spacial score (nSPS) is 11.4. The van der Waals surface area contributed by atoms with Crippen LogP contribution in [-0.2, 0) is 6.54 Å². The lowest BCUT2D eigenvalue weighted by molar-refractivity contribution is 0.193. The second-order valence-electron chi connectivity index (χ2n) is 6.44. The number of hydrogen-bond donors (Lipinski definition) is 1. The van der Waals surface area contributed by atoms with E-state index in [4.69, 9.17) is 4.74 Å². The van der Waals surface area contributed by atoms with E-state index in [2.05, 4.69) is 67.2 Å². The Kier molecular flexibility index (Phi) is 7.32. The molecule has 1 N–H and O–H groups in total. The smallest absolute Gasteiger partial charge is 0.119 e. The largest absolute Gasteiger partial charge is 0.490 e. The van der Waals surface area contributed by atoms with Crippen LogP contribution < -0.4 is 4.74 Å². The van der Waals surface area contributed by atoms with Gasteiger partial charge >= 0.3 is 0 Å². The van der Waals surface area contributed by atoms with E-state index in [9.17, 15) is 0 Å². The zero-order valence-corrected chi connectivity index (χ0v) is 15.5. The van der Waals surface area contributed by atoms with E-state index in [0.29, 0.717) is 6.10 Å². The summed E-state index contributed by atoms with van der Waals surface area (Å²) in [4.78, 5) is 2.35. The van der Waals surface area contributed by atoms with Crippen LogP contribution >= 0.6 is 0 Å². The zero-order chi connectivity index (χ0) is 17.4. The first-order chi connectivity index (χ1) is 11.7. The van der Waals surface area contributed by atoms with E-state index >= 15 is 0 Å². The Morgan fingerprint density at radius 3 is 2.46 bits per heavy atom. The molecule has 4 heteroatoms. The molecule has 24 heavy (non-hydrogen) atoms. The maximum atomic E-state index is 5.99. The first-order valence-corrected chi connectivity index (χ1v) is 9.15. The number of rotatable bonds is 10.